The Hall–Kier alpha value is -2.56. The number of aromatic hydroxyl groups is 1. The molecule has 0 aliphatic carbocycles. The normalized spacial score (nSPS) is 11.1. The fraction of sp³-hybridized carbons (Fsp3) is 0.143. The van der Waals surface area contributed by atoms with E-state index in [4.69, 9.17) is 0 Å². The minimum atomic E-state index is -0.320. The Labute approximate surface area is 109 Å². The molecular weight excluding hydrogens is 242 g/mol. The van der Waals surface area contributed by atoms with Crippen molar-refractivity contribution in [3.05, 3.63) is 51.9 Å². The van der Waals surface area contributed by atoms with Crippen LogP contribution < -0.4 is 5.56 Å². The fourth-order valence-electron chi connectivity index (χ4n) is 2.15. The number of rotatable bonds is 1. The minimum absolute atomic E-state index is 0.138. The van der Waals surface area contributed by atoms with Gasteiger partial charge in [0.1, 0.15) is 11.2 Å². The van der Waals surface area contributed by atoms with E-state index in [1.165, 1.54) is 4.52 Å². The molecule has 0 saturated heterocycles. The van der Waals surface area contributed by atoms with E-state index >= 15 is 0 Å². The molecule has 3 rings (SSSR count). The number of hydrogen-bond donors (Lipinski definition) is 2. The highest BCUT2D eigenvalue weighted by atomic mass is 16.3. The number of aromatic amines is 1. The molecule has 2 heterocycles. The molecule has 0 spiro atoms. The van der Waals surface area contributed by atoms with Crippen molar-refractivity contribution in [2.75, 3.05) is 0 Å². The van der Waals surface area contributed by atoms with Crippen molar-refractivity contribution in [3.8, 4) is 17.0 Å². The van der Waals surface area contributed by atoms with Crippen molar-refractivity contribution in [1.82, 2.24) is 14.6 Å². The van der Waals surface area contributed by atoms with Gasteiger partial charge >= 0.3 is 0 Å². The number of nitrogens with zero attached hydrogens (tertiary/aromatic N) is 2. The molecule has 0 atom stereocenters. The lowest BCUT2D eigenvalue weighted by atomic mass is 10.1. The first-order chi connectivity index (χ1) is 9.09. The van der Waals surface area contributed by atoms with Gasteiger partial charge in [0, 0.05) is 5.56 Å². The van der Waals surface area contributed by atoms with Gasteiger partial charge in [0.25, 0.3) is 5.56 Å². The zero-order valence-corrected chi connectivity index (χ0v) is 10.6. The molecule has 0 bridgehead atoms. The standard InChI is InChI=1S/C14H13N3O2/c1-8-9(2)16-17-12(8)15-13(18)11(14(17)19)10-6-4-3-5-7-10/h3-7,19H,1-2H3,(H,15,18). The Morgan fingerprint density at radius 1 is 1.21 bits per heavy atom. The van der Waals surface area contributed by atoms with Crippen LogP contribution in [-0.4, -0.2) is 19.7 Å². The van der Waals surface area contributed by atoms with Gasteiger partial charge in [-0.25, -0.2) is 0 Å². The summed E-state index contributed by atoms with van der Waals surface area (Å²) in [6.45, 7) is 3.69. The van der Waals surface area contributed by atoms with Crippen LogP contribution in [0.25, 0.3) is 16.8 Å². The van der Waals surface area contributed by atoms with Crippen LogP contribution in [0.15, 0.2) is 35.1 Å². The van der Waals surface area contributed by atoms with Crippen molar-refractivity contribution in [2.24, 2.45) is 0 Å². The molecule has 0 aliphatic rings. The summed E-state index contributed by atoms with van der Waals surface area (Å²) in [5.41, 5.74) is 2.73. The summed E-state index contributed by atoms with van der Waals surface area (Å²) in [5.74, 6) is -0.138. The van der Waals surface area contributed by atoms with Crippen molar-refractivity contribution in [2.45, 2.75) is 13.8 Å². The summed E-state index contributed by atoms with van der Waals surface area (Å²) < 4.78 is 1.37. The van der Waals surface area contributed by atoms with E-state index in [2.05, 4.69) is 10.1 Å². The van der Waals surface area contributed by atoms with Crippen LogP contribution in [-0.2, 0) is 0 Å². The second kappa shape index (κ2) is 3.98. The first-order valence-corrected chi connectivity index (χ1v) is 5.96. The zero-order valence-electron chi connectivity index (χ0n) is 10.6. The van der Waals surface area contributed by atoms with Crippen LogP contribution in [0.1, 0.15) is 11.3 Å². The third kappa shape index (κ3) is 1.62. The molecular formula is C14H13N3O2. The third-order valence-corrected chi connectivity index (χ3v) is 3.31. The minimum Gasteiger partial charge on any atom is -0.493 e. The van der Waals surface area contributed by atoms with Crippen molar-refractivity contribution >= 4 is 5.65 Å². The molecule has 0 radical (unpaired) electrons. The molecule has 96 valence electrons. The van der Waals surface area contributed by atoms with Crippen LogP contribution in [0.3, 0.4) is 0 Å². The molecule has 3 aromatic rings. The second-order valence-electron chi connectivity index (χ2n) is 4.49. The quantitative estimate of drug-likeness (QED) is 0.698. The van der Waals surface area contributed by atoms with Gasteiger partial charge in [0.15, 0.2) is 0 Å². The third-order valence-electron chi connectivity index (χ3n) is 3.31. The number of benzene rings is 1. The molecule has 19 heavy (non-hydrogen) atoms. The van der Waals surface area contributed by atoms with Gasteiger partial charge in [-0.05, 0) is 19.4 Å². The summed E-state index contributed by atoms with van der Waals surface area (Å²) in [5, 5.41) is 14.5. The molecule has 0 unspecified atom stereocenters. The van der Waals surface area contributed by atoms with Gasteiger partial charge in [-0.2, -0.15) is 9.61 Å². The number of H-pyrrole nitrogens is 1. The van der Waals surface area contributed by atoms with Gasteiger partial charge in [0.05, 0.1) is 5.69 Å². The SMILES string of the molecule is Cc1nn2c(O)c(-c3ccccc3)c(=O)[nH]c2c1C. The van der Waals surface area contributed by atoms with Crippen molar-refractivity contribution < 1.29 is 5.11 Å². The van der Waals surface area contributed by atoms with E-state index < -0.39 is 0 Å². The smallest absolute Gasteiger partial charge is 0.262 e. The molecule has 0 fully saturated rings. The highest BCUT2D eigenvalue weighted by Crippen LogP contribution is 2.26. The Morgan fingerprint density at radius 3 is 2.58 bits per heavy atom. The zero-order chi connectivity index (χ0) is 13.6. The highest BCUT2D eigenvalue weighted by molar-refractivity contribution is 5.69. The van der Waals surface area contributed by atoms with Gasteiger partial charge in [0.2, 0.25) is 5.88 Å². The summed E-state index contributed by atoms with van der Waals surface area (Å²) in [4.78, 5) is 14.9. The lowest BCUT2D eigenvalue weighted by Crippen LogP contribution is -2.12. The van der Waals surface area contributed by atoms with Gasteiger partial charge in [-0.1, -0.05) is 30.3 Å². The lowest BCUT2D eigenvalue weighted by Gasteiger charge is -2.05. The van der Waals surface area contributed by atoms with Crippen molar-refractivity contribution in [1.29, 1.82) is 0 Å². The van der Waals surface area contributed by atoms with E-state index in [9.17, 15) is 9.90 Å². The van der Waals surface area contributed by atoms with Crippen LogP contribution in [0.2, 0.25) is 0 Å². The number of aryl methyl sites for hydroxylation is 2. The second-order valence-corrected chi connectivity index (χ2v) is 4.49. The predicted octanol–water partition coefficient (Wildman–Crippen LogP) is 2.01. The maximum absolute atomic E-state index is 12.2. The molecule has 5 heteroatoms. The van der Waals surface area contributed by atoms with E-state index in [1.54, 1.807) is 12.1 Å². The first kappa shape index (κ1) is 11.5. The molecule has 2 N–H and O–H groups in total. The molecule has 2 aromatic heterocycles. The van der Waals surface area contributed by atoms with E-state index in [0.29, 0.717) is 11.2 Å². The summed E-state index contributed by atoms with van der Waals surface area (Å²) in [7, 11) is 0. The number of nitrogens with one attached hydrogen (secondary N) is 1. The fourth-order valence-corrected chi connectivity index (χ4v) is 2.15. The number of hydrogen-bond acceptors (Lipinski definition) is 3. The molecule has 1 aromatic carbocycles. The number of aromatic nitrogens is 3. The van der Waals surface area contributed by atoms with E-state index in [1.807, 2.05) is 32.0 Å². The van der Waals surface area contributed by atoms with Crippen molar-refractivity contribution in [3.63, 3.8) is 0 Å². The number of fused-ring (bicyclic) bond motifs is 1. The average molecular weight is 255 g/mol. The van der Waals surface area contributed by atoms with Gasteiger partial charge < -0.3 is 10.1 Å². The maximum atomic E-state index is 12.2. The van der Waals surface area contributed by atoms with Crippen LogP contribution in [0, 0.1) is 13.8 Å². The van der Waals surface area contributed by atoms with Gasteiger partial charge in [-0.3, -0.25) is 4.79 Å². The Kier molecular flexibility index (Phi) is 2.41. The molecule has 5 nitrogen and oxygen atoms in total. The maximum Gasteiger partial charge on any atom is 0.262 e. The lowest BCUT2D eigenvalue weighted by molar-refractivity contribution is 0.436. The highest BCUT2D eigenvalue weighted by Gasteiger charge is 2.17. The Morgan fingerprint density at radius 2 is 1.89 bits per heavy atom. The Balaban J connectivity index is 2.42. The summed E-state index contributed by atoms with van der Waals surface area (Å²) in [6, 6.07) is 9.05. The Bertz CT molecular complexity index is 816. The summed E-state index contributed by atoms with van der Waals surface area (Å²) in [6.07, 6.45) is 0. The largest absolute Gasteiger partial charge is 0.493 e. The predicted molar refractivity (Wildman–Crippen MR) is 72.4 cm³/mol. The van der Waals surface area contributed by atoms with E-state index in [0.717, 1.165) is 11.3 Å². The molecule has 0 amide bonds. The average Bonchev–Trinajstić information content (AvgIpc) is 2.68. The van der Waals surface area contributed by atoms with Gasteiger partial charge in [-0.15, -0.1) is 0 Å². The van der Waals surface area contributed by atoms with E-state index in [-0.39, 0.29) is 17.0 Å². The van der Waals surface area contributed by atoms with Crippen LogP contribution in [0.5, 0.6) is 5.88 Å². The molecule has 0 aliphatic heterocycles. The topological polar surface area (TPSA) is 70.4 Å². The van der Waals surface area contributed by atoms with Crippen LogP contribution >= 0.6 is 0 Å². The summed E-state index contributed by atoms with van der Waals surface area (Å²) >= 11 is 0. The molecule has 0 saturated carbocycles. The first-order valence-electron chi connectivity index (χ1n) is 5.96. The van der Waals surface area contributed by atoms with Crippen LogP contribution in [0.4, 0.5) is 0 Å². The monoisotopic (exact) mass is 255 g/mol.